The van der Waals surface area contributed by atoms with Crippen LogP contribution < -0.4 is 10.1 Å². The van der Waals surface area contributed by atoms with E-state index in [4.69, 9.17) is 4.74 Å². The topological polar surface area (TPSA) is 24.5 Å². The maximum atomic E-state index is 12.7. The maximum Gasteiger partial charge on any atom is 0.416 e. The van der Waals surface area contributed by atoms with Crippen molar-refractivity contribution in [1.29, 1.82) is 0 Å². The molecular weight excluding hydrogens is 397 g/mol. The molecule has 0 aliphatic carbocycles. The van der Waals surface area contributed by atoms with Crippen LogP contribution in [0.2, 0.25) is 0 Å². The average Bonchev–Trinajstić information content (AvgIpc) is 2.53. The number of nitrogens with one attached hydrogen (secondary N) is 1. The predicted octanol–water partition coefficient (Wildman–Crippen LogP) is 5.62. The van der Waals surface area contributed by atoms with Gasteiger partial charge in [0.2, 0.25) is 0 Å². The molecule has 0 spiro atoms. The van der Waals surface area contributed by atoms with Gasteiger partial charge in [-0.15, -0.1) is 0 Å². The molecule has 0 bridgehead atoms. The average molecular weight is 417 g/mol. The molecule has 0 fully saturated rings. The van der Waals surface area contributed by atoms with E-state index in [1.54, 1.807) is 6.07 Å². The van der Waals surface area contributed by atoms with Gasteiger partial charge in [0.25, 0.3) is 0 Å². The van der Waals surface area contributed by atoms with Gasteiger partial charge in [-0.05, 0) is 73.3 Å². The summed E-state index contributed by atoms with van der Waals surface area (Å²) < 4.78 is 44.3. The third kappa shape index (κ3) is 5.93. The molecule has 0 aliphatic rings. The minimum atomic E-state index is -4.38. The van der Waals surface area contributed by atoms with Crippen LogP contribution in [0.25, 0.3) is 0 Å². The molecule has 3 nitrogen and oxygen atoms in total. The van der Waals surface area contributed by atoms with Gasteiger partial charge in [-0.3, -0.25) is 0 Å². The van der Waals surface area contributed by atoms with E-state index in [0.29, 0.717) is 11.5 Å². The normalized spacial score (nSPS) is 11.6. The Balaban J connectivity index is 2.10. The Morgan fingerprint density at radius 2 is 1.80 bits per heavy atom. The molecule has 2 aromatic rings. The monoisotopic (exact) mass is 416 g/mol. The van der Waals surface area contributed by atoms with E-state index in [0.717, 1.165) is 37.3 Å². The molecule has 0 aromatic heterocycles. The molecule has 0 heterocycles. The fourth-order valence-corrected chi connectivity index (χ4v) is 2.66. The number of halogens is 4. The highest BCUT2D eigenvalue weighted by molar-refractivity contribution is 9.10. The minimum absolute atomic E-state index is 0.254. The summed E-state index contributed by atoms with van der Waals surface area (Å²) in [6, 6.07) is 10.7. The van der Waals surface area contributed by atoms with Crippen LogP contribution in [-0.2, 0) is 6.18 Å². The first-order chi connectivity index (χ1) is 11.8. The van der Waals surface area contributed by atoms with Crippen LogP contribution in [0.15, 0.2) is 46.9 Å². The Bertz CT molecular complexity index is 705. The standard InChI is InChI=1S/C18H20BrF3N2O/c1-24(2)11-5-10-23-15-6-3-4-7-17(15)25-16-9-8-13(12-14(16)19)18(20,21)22/h3-4,6-9,12,23H,5,10-11H2,1-2H3. The Morgan fingerprint density at radius 3 is 2.44 bits per heavy atom. The highest BCUT2D eigenvalue weighted by Crippen LogP contribution is 2.38. The molecule has 0 amide bonds. The third-order valence-corrected chi connectivity index (χ3v) is 4.08. The van der Waals surface area contributed by atoms with E-state index in [1.807, 2.05) is 32.3 Å². The lowest BCUT2D eigenvalue weighted by Gasteiger charge is -2.15. The molecule has 0 saturated heterocycles. The number of hydrogen-bond donors (Lipinski definition) is 1. The van der Waals surface area contributed by atoms with Gasteiger partial charge < -0.3 is 15.0 Å². The molecule has 0 aliphatic heterocycles. The second kappa shape index (κ2) is 8.58. The van der Waals surface area contributed by atoms with Crippen molar-refractivity contribution in [2.75, 3.05) is 32.5 Å². The molecule has 25 heavy (non-hydrogen) atoms. The molecule has 2 rings (SSSR count). The number of ether oxygens (including phenoxy) is 1. The van der Waals surface area contributed by atoms with Gasteiger partial charge in [0, 0.05) is 6.54 Å². The van der Waals surface area contributed by atoms with Crippen molar-refractivity contribution in [2.45, 2.75) is 12.6 Å². The fourth-order valence-electron chi connectivity index (χ4n) is 2.20. The van der Waals surface area contributed by atoms with Crippen LogP contribution >= 0.6 is 15.9 Å². The summed E-state index contributed by atoms with van der Waals surface area (Å²) in [6.07, 6.45) is -3.42. The zero-order chi connectivity index (χ0) is 18.4. The largest absolute Gasteiger partial charge is 0.454 e. The van der Waals surface area contributed by atoms with Crippen LogP contribution in [0.4, 0.5) is 18.9 Å². The third-order valence-electron chi connectivity index (χ3n) is 3.46. The van der Waals surface area contributed by atoms with E-state index in [-0.39, 0.29) is 4.47 Å². The minimum Gasteiger partial charge on any atom is -0.454 e. The molecular formula is C18H20BrF3N2O. The van der Waals surface area contributed by atoms with Crippen LogP contribution in [-0.4, -0.2) is 32.1 Å². The van der Waals surface area contributed by atoms with E-state index in [2.05, 4.69) is 26.1 Å². The van der Waals surface area contributed by atoms with Crippen LogP contribution in [0.3, 0.4) is 0 Å². The zero-order valence-electron chi connectivity index (χ0n) is 14.0. The number of alkyl halides is 3. The van der Waals surface area contributed by atoms with Crippen LogP contribution in [0.1, 0.15) is 12.0 Å². The first kappa shape index (κ1) is 19.6. The summed E-state index contributed by atoms with van der Waals surface area (Å²) in [6.45, 7) is 1.73. The first-order valence-electron chi connectivity index (χ1n) is 7.79. The zero-order valence-corrected chi connectivity index (χ0v) is 15.6. The summed E-state index contributed by atoms with van der Waals surface area (Å²) >= 11 is 3.15. The van der Waals surface area contributed by atoms with Gasteiger partial charge in [-0.25, -0.2) is 0 Å². The molecule has 7 heteroatoms. The van der Waals surface area contributed by atoms with Crippen LogP contribution in [0.5, 0.6) is 11.5 Å². The summed E-state index contributed by atoms with van der Waals surface area (Å²) in [5, 5.41) is 3.30. The number of benzene rings is 2. The van der Waals surface area contributed by atoms with Gasteiger partial charge >= 0.3 is 6.18 Å². The number of para-hydroxylation sites is 2. The number of rotatable bonds is 7. The molecule has 0 unspecified atom stereocenters. The molecule has 136 valence electrons. The van der Waals surface area contributed by atoms with Gasteiger partial charge in [0.1, 0.15) is 5.75 Å². The van der Waals surface area contributed by atoms with E-state index >= 15 is 0 Å². The molecule has 0 atom stereocenters. The Morgan fingerprint density at radius 1 is 1.08 bits per heavy atom. The van der Waals surface area contributed by atoms with Crippen molar-refractivity contribution < 1.29 is 17.9 Å². The van der Waals surface area contributed by atoms with Crippen molar-refractivity contribution in [1.82, 2.24) is 4.90 Å². The summed E-state index contributed by atoms with van der Waals surface area (Å²) in [4.78, 5) is 2.10. The van der Waals surface area contributed by atoms with Gasteiger partial charge in [0.15, 0.2) is 5.75 Å². The molecule has 0 radical (unpaired) electrons. The predicted molar refractivity (Wildman–Crippen MR) is 97.3 cm³/mol. The number of anilines is 1. The smallest absolute Gasteiger partial charge is 0.416 e. The lowest BCUT2D eigenvalue weighted by atomic mass is 10.2. The van der Waals surface area contributed by atoms with Crippen LogP contribution in [0, 0.1) is 0 Å². The van der Waals surface area contributed by atoms with Crippen molar-refractivity contribution in [3.05, 3.63) is 52.5 Å². The van der Waals surface area contributed by atoms with Crippen molar-refractivity contribution in [3.63, 3.8) is 0 Å². The lowest BCUT2D eigenvalue weighted by molar-refractivity contribution is -0.137. The SMILES string of the molecule is CN(C)CCCNc1ccccc1Oc1ccc(C(F)(F)F)cc1Br. The van der Waals surface area contributed by atoms with E-state index in [1.165, 1.54) is 6.07 Å². The van der Waals surface area contributed by atoms with Gasteiger partial charge in [-0.2, -0.15) is 13.2 Å². The first-order valence-corrected chi connectivity index (χ1v) is 8.59. The summed E-state index contributed by atoms with van der Waals surface area (Å²) in [5.41, 5.74) is 0.0786. The molecule has 0 saturated carbocycles. The fraction of sp³-hybridized carbons (Fsp3) is 0.333. The Kier molecular flexibility index (Phi) is 6.72. The maximum absolute atomic E-state index is 12.7. The molecule has 1 N–H and O–H groups in total. The summed E-state index contributed by atoms with van der Waals surface area (Å²) in [7, 11) is 4.03. The van der Waals surface area contributed by atoms with Crippen molar-refractivity contribution in [2.24, 2.45) is 0 Å². The second-order valence-electron chi connectivity index (χ2n) is 5.82. The quantitative estimate of drug-likeness (QED) is 0.592. The number of nitrogens with zero attached hydrogens (tertiary/aromatic N) is 1. The highest BCUT2D eigenvalue weighted by atomic mass is 79.9. The highest BCUT2D eigenvalue weighted by Gasteiger charge is 2.31. The Labute approximate surface area is 153 Å². The number of hydrogen-bond acceptors (Lipinski definition) is 3. The molecule has 2 aromatic carbocycles. The van der Waals surface area contributed by atoms with Gasteiger partial charge in [0.05, 0.1) is 15.7 Å². The second-order valence-corrected chi connectivity index (χ2v) is 6.68. The summed E-state index contributed by atoms with van der Waals surface area (Å²) in [5.74, 6) is 0.892. The Hall–Kier alpha value is -1.73. The van der Waals surface area contributed by atoms with E-state index < -0.39 is 11.7 Å². The van der Waals surface area contributed by atoms with E-state index in [9.17, 15) is 13.2 Å². The van der Waals surface area contributed by atoms with Gasteiger partial charge in [-0.1, -0.05) is 12.1 Å². The van der Waals surface area contributed by atoms with Crippen molar-refractivity contribution in [3.8, 4) is 11.5 Å². The lowest BCUT2D eigenvalue weighted by Crippen LogP contribution is -2.16. The van der Waals surface area contributed by atoms with Crippen molar-refractivity contribution >= 4 is 21.6 Å².